The molecule has 1 heterocycles. The van der Waals surface area contributed by atoms with Crippen LogP contribution in [0.25, 0.3) is 11.0 Å². The van der Waals surface area contributed by atoms with Gasteiger partial charge in [0.25, 0.3) is 5.69 Å². The third-order valence-corrected chi connectivity index (χ3v) is 4.14. The first kappa shape index (κ1) is 20.2. The molecule has 1 amide bonds. The minimum atomic E-state index is -0.607. The molecule has 0 spiro atoms. The largest absolute Gasteiger partial charge is 0.493 e. The molecule has 0 aliphatic carbocycles. The number of non-ortho nitro benzene ring substituents is 1. The minimum Gasteiger partial charge on any atom is -0.493 e. The molecule has 0 fully saturated rings. The molecule has 0 radical (unpaired) electrons. The Balaban J connectivity index is 1.75. The second kappa shape index (κ2) is 8.61. The van der Waals surface area contributed by atoms with Crippen molar-refractivity contribution in [1.29, 1.82) is 0 Å². The van der Waals surface area contributed by atoms with Crippen molar-refractivity contribution in [1.82, 2.24) is 5.43 Å². The summed E-state index contributed by atoms with van der Waals surface area (Å²) in [6.45, 7) is 2.26. The zero-order valence-corrected chi connectivity index (χ0v) is 16.2. The molecule has 0 aliphatic rings. The van der Waals surface area contributed by atoms with Crippen LogP contribution in [0, 0.1) is 10.1 Å². The van der Waals surface area contributed by atoms with Gasteiger partial charge < -0.3 is 13.9 Å². The lowest BCUT2D eigenvalue weighted by Gasteiger charge is -2.11. The number of hydrogen-bond acceptors (Lipinski definition) is 7. The van der Waals surface area contributed by atoms with Gasteiger partial charge in [0, 0.05) is 17.5 Å². The zero-order chi connectivity index (χ0) is 21.0. The van der Waals surface area contributed by atoms with E-state index in [1.807, 2.05) is 6.92 Å². The molecule has 0 bridgehead atoms. The lowest BCUT2D eigenvalue weighted by atomic mass is 10.2. The van der Waals surface area contributed by atoms with E-state index in [1.54, 1.807) is 12.1 Å². The summed E-state index contributed by atoms with van der Waals surface area (Å²) in [6, 6.07) is 8.74. The maximum atomic E-state index is 12.2. The Morgan fingerprint density at radius 2 is 2.14 bits per heavy atom. The lowest BCUT2D eigenvalue weighted by molar-refractivity contribution is -0.384. The van der Waals surface area contributed by atoms with Crippen molar-refractivity contribution in [3.8, 4) is 11.5 Å². The molecule has 2 aromatic carbocycles. The molecule has 9 nitrogen and oxygen atoms in total. The van der Waals surface area contributed by atoms with Crippen LogP contribution in [0.15, 0.2) is 45.9 Å². The van der Waals surface area contributed by atoms with Gasteiger partial charge in [0.2, 0.25) is 0 Å². The highest BCUT2D eigenvalue weighted by Gasteiger charge is 2.15. The number of nitrogens with one attached hydrogen (secondary N) is 1. The quantitative estimate of drug-likeness (QED) is 0.350. The summed E-state index contributed by atoms with van der Waals surface area (Å²) < 4.78 is 16.1. The number of furan rings is 1. The molecule has 29 heavy (non-hydrogen) atoms. The SMILES string of the molecule is CCOc1c(Cl)cc(/C=N/NC(=O)c2cc3cc([N+](=O)[O-])ccc3o2)cc1OC. The zero-order valence-electron chi connectivity index (χ0n) is 15.5. The number of carbonyl (C=O) groups is 1. The van der Waals surface area contributed by atoms with Crippen LogP contribution in [-0.2, 0) is 0 Å². The van der Waals surface area contributed by atoms with E-state index in [1.165, 1.54) is 37.6 Å². The van der Waals surface area contributed by atoms with Gasteiger partial charge in [-0.2, -0.15) is 5.10 Å². The van der Waals surface area contributed by atoms with Crippen molar-refractivity contribution in [2.45, 2.75) is 6.92 Å². The average Bonchev–Trinajstić information content (AvgIpc) is 3.13. The summed E-state index contributed by atoms with van der Waals surface area (Å²) in [5, 5.41) is 15.5. The first-order valence-electron chi connectivity index (χ1n) is 8.44. The number of hydrazone groups is 1. The number of fused-ring (bicyclic) bond motifs is 1. The standard InChI is InChI=1S/C19H16ClN3O6/c1-3-28-18-14(20)6-11(7-16(18)27-2)10-21-22-19(24)17-9-12-8-13(23(25)26)4-5-15(12)29-17/h4-10H,3H2,1-2H3,(H,22,24)/b21-10+. The maximum Gasteiger partial charge on any atom is 0.307 e. The number of ether oxygens (including phenoxy) is 2. The van der Waals surface area contributed by atoms with Gasteiger partial charge >= 0.3 is 5.91 Å². The average molecular weight is 418 g/mol. The highest BCUT2D eigenvalue weighted by molar-refractivity contribution is 6.32. The van der Waals surface area contributed by atoms with Crippen LogP contribution in [0.3, 0.4) is 0 Å². The first-order valence-corrected chi connectivity index (χ1v) is 8.82. The van der Waals surface area contributed by atoms with E-state index in [9.17, 15) is 14.9 Å². The van der Waals surface area contributed by atoms with Crippen molar-refractivity contribution >= 4 is 40.4 Å². The molecular weight excluding hydrogens is 402 g/mol. The number of carbonyl (C=O) groups excluding carboxylic acids is 1. The van der Waals surface area contributed by atoms with Gasteiger partial charge in [-0.05, 0) is 36.8 Å². The number of rotatable bonds is 7. The summed E-state index contributed by atoms with van der Waals surface area (Å²) in [7, 11) is 1.49. The molecule has 0 atom stereocenters. The Kier molecular flexibility index (Phi) is 5.99. The monoisotopic (exact) mass is 417 g/mol. The third-order valence-electron chi connectivity index (χ3n) is 3.85. The highest BCUT2D eigenvalue weighted by Crippen LogP contribution is 2.36. The van der Waals surface area contributed by atoms with Crippen molar-refractivity contribution in [3.05, 3.63) is 62.9 Å². The second-order valence-electron chi connectivity index (χ2n) is 5.76. The number of amides is 1. The summed E-state index contributed by atoms with van der Waals surface area (Å²) in [6.07, 6.45) is 1.38. The highest BCUT2D eigenvalue weighted by atomic mass is 35.5. The molecular formula is C19H16ClN3O6. The maximum absolute atomic E-state index is 12.2. The number of methoxy groups -OCH3 is 1. The predicted octanol–water partition coefficient (Wildman–Crippen LogP) is 4.17. The number of benzene rings is 2. The molecule has 150 valence electrons. The van der Waals surface area contributed by atoms with Crippen LogP contribution in [0.2, 0.25) is 5.02 Å². The lowest BCUT2D eigenvalue weighted by Crippen LogP contribution is -2.16. The topological polar surface area (TPSA) is 116 Å². The Morgan fingerprint density at radius 3 is 2.83 bits per heavy atom. The van der Waals surface area contributed by atoms with Crippen LogP contribution < -0.4 is 14.9 Å². The molecule has 3 aromatic rings. The summed E-state index contributed by atoms with van der Waals surface area (Å²) >= 11 is 6.19. The van der Waals surface area contributed by atoms with Crippen molar-refractivity contribution in [2.24, 2.45) is 5.10 Å². The molecule has 10 heteroatoms. The normalized spacial score (nSPS) is 11.0. The Labute approximate surface area is 170 Å². The molecule has 3 rings (SSSR count). The number of halogens is 1. The van der Waals surface area contributed by atoms with Crippen LogP contribution in [0.5, 0.6) is 11.5 Å². The number of nitrogens with zero attached hydrogens (tertiary/aromatic N) is 2. The van der Waals surface area contributed by atoms with E-state index in [2.05, 4.69) is 10.5 Å². The van der Waals surface area contributed by atoms with Crippen molar-refractivity contribution in [2.75, 3.05) is 13.7 Å². The van der Waals surface area contributed by atoms with E-state index in [-0.39, 0.29) is 11.4 Å². The van der Waals surface area contributed by atoms with Gasteiger partial charge in [-0.25, -0.2) is 5.43 Å². The number of hydrogen-bond donors (Lipinski definition) is 1. The van der Waals surface area contributed by atoms with Gasteiger partial charge in [0.05, 0.1) is 29.9 Å². The fourth-order valence-electron chi connectivity index (χ4n) is 2.58. The Bertz CT molecular complexity index is 1110. The summed E-state index contributed by atoms with van der Waals surface area (Å²) in [5.74, 6) is 0.226. The van der Waals surface area contributed by atoms with Crippen LogP contribution >= 0.6 is 11.6 Å². The third kappa shape index (κ3) is 4.46. The smallest absolute Gasteiger partial charge is 0.307 e. The molecule has 0 saturated carbocycles. The summed E-state index contributed by atoms with van der Waals surface area (Å²) in [5.41, 5.74) is 3.17. The Morgan fingerprint density at radius 1 is 1.34 bits per heavy atom. The number of nitro groups is 1. The van der Waals surface area contributed by atoms with Crippen molar-refractivity contribution in [3.63, 3.8) is 0 Å². The van der Waals surface area contributed by atoms with Gasteiger partial charge in [0.1, 0.15) is 5.58 Å². The van der Waals surface area contributed by atoms with Crippen molar-refractivity contribution < 1.29 is 23.6 Å². The number of nitro benzene ring substituents is 1. The second-order valence-corrected chi connectivity index (χ2v) is 6.16. The first-order chi connectivity index (χ1) is 13.9. The fourth-order valence-corrected chi connectivity index (χ4v) is 2.85. The molecule has 1 aromatic heterocycles. The molecule has 0 aliphatic heterocycles. The summed E-state index contributed by atoms with van der Waals surface area (Å²) in [4.78, 5) is 22.5. The molecule has 0 unspecified atom stereocenters. The Hall–Kier alpha value is -3.59. The van der Waals surface area contributed by atoms with E-state index in [0.29, 0.717) is 39.7 Å². The molecule has 1 N–H and O–H groups in total. The minimum absolute atomic E-state index is 0.0278. The van der Waals surface area contributed by atoms with E-state index < -0.39 is 10.8 Å². The predicted molar refractivity (Wildman–Crippen MR) is 107 cm³/mol. The van der Waals surface area contributed by atoms with Gasteiger partial charge in [-0.1, -0.05) is 11.6 Å². The molecule has 0 saturated heterocycles. The van der Waals surface area contributed by atoms with Crippen LogP contribution in [0.4, 0.5) is 5.69 Å². The van der Waals surface area contributed by atoms with Crippen LogP contribution in [-0.4, -0.2) is 30.8 Å². The van der Waals surface area contributed by atoms with Crippen LogP contribution in [0.1, 0.15) is 23.0 Å². The van der Waals surface area contributed by atoms with Gasteiger partial charge in [0.15, 0.2) is 17.3 Å². The van der Waals surface area contributed by atoms with Gasteiger partial charge in [-0.3, -0.25) is 14.9 Å². The van der Waals surface area contributed by atoms with Gasteiger partial charge in [-0.15, -0.1) is 0 Å². The van der Waals surface area contributed by atoms with E-state index in [4.69, 9.17) is 25.5 Å². The van der Waals surface area contributed by atoms with E-state index >= 15 is 0 Å². The van der Waals surface area contributed by atoms with E-state index in [0.717, 1.165) is 0 Å². The fraction of sp³-hybridized carbons (Fsp3) is 0.158.